The van der Waals surface area contributed by atoms with Crippen LogP contribution >= 0.6 is 0 Å². The highest BCUT2D eigenvalue weighted by Gasteiger charge is 2.10. The molecule has 19 heavy (non-hydrogen) atoms. The van der Waals surface area contributed by atoms with Crippen molar-refractivity contribution in [3.8, 4) is 0 Å². The summed E-state index contributed by atoms with van der Waals surface area (Å²) in [6, 6.07) is 5.09. The Hall–Kier alpha value is -2.04. The van der Waals surface area contributed by atoms with Gasteiger partial charge in [0.15, 0.2) is 5.78 Å². The molecule has 0 unspecified atom stereocenters. The number of nitrogen functional groups attached to an aromatic ring is 1. The second kappa shape index (κ2) is 6.78. The Labute approximate surface area is 113 Å². The number of ketones is 1. The lowest BCUT2D eigenvalue weighted by Crippen LogP contribution is -2.35. The summed E-state index contributed by atoms with van der Waals surface area (Å²) in [5, 5.41) is 3.02. The van der Waals surface area contributed by atoms with Crippen LogP contribution in [0.1, 0.15) is 31.1 Å². The van der Waals surface area contributed by atoms with Crippen LogP contribution in [0.5, 0.6) is 0 Å². The van der Waals surface area contributed by atoms with Gasteiger partial charge in [0.1, 0.15) is 0 Å². The maximum Gasteiger partial charge on any atom is 0.241 e. The maximum absolute atomic E-state index is 11.8. The predicted molar refractivity (Wildman–Crippen MR) is 77.3 cm³/mol. The fourth-order valence-corrected chi connectivity index (χ4v) is 1.86. The van der Waals surface area contributed by atoms with Crippen molar-refractivity contribution < 1.29 is 9.59 Å². The third kappa shape index (κ3) is 3.98. The maximum atomic E-state index is 11.8. The zero-order valence-electron chi connectivity index (χ0n) is 11.7. The van der Waals surface area contributed by atoms with E-state index >= 15 is 0 Å². The van der Waals surface area contributed by atoms with Gasteiger partial charge in [0.2, 0.25) is 5.91 Å². The molecule has 5 nitrogen and oxygen atoms in total. The molecule has 5 heteroatoms. The molecular weight excluding hydrogens is 242 g/mol. The molecule has 0 atom stereocenters. The Balaban J connectivity index is 2.66. The summed E-state index contributed by atoms with van der Waals surface area (Å²) < 4.78 is 0. The fourth-order valence-electron chi connectivity index (χ4n) is 1.86. The van der Waals surface area contributed by atoms with E-state index in [0.29, 0.717) is 24.3 Å². The standard InChI is InChI=1S/C14H21N3O2/c1-4-17(5-2)14(19)9-16-11-6-7-12(10(3)18)13(15)8-11/h6-8,16H,4-5,9,15H2,1-3H3. The number of anilines is 2. The number of hydrogen-bond donors (Lipinski definition) is 2. The van der Waals surface area contributed by atoms with Gasteiger partial charge in [-0.15, -0.1) is 0 Å². The molecule has 104 valence electrons. The number of hydrogen-bond acceptors (Lipinski definition) is 4. The molecule has 0 spiro atoms. The summed E-state index contributed by atoms with van der Waals surface area (Å²) >= 11 is 0. The van der Waals surface area contributed by atoms with Gasteiger partial charge in [0.05, 0.1) is 6.54 Å². The molecule has 0 radical (unpaired) electrons. The Kier molecular flexibility index (Phi) is 5.36. The van der Waals surface area contributed by atoms with E-state index in [1.54, 1.807) is 23.1 Å². The topological polar surface area (TPSA) is 75.4 Å². The fraction of sp³-hybridized carbons (Fsp3) is 0.429. The smallest absolute Gasteiger partial charge is 0.241 e. The molecule has 0 bridgehead atoms. The first-order valence-corrected chi connectivity index (χ1v) is 6.41. The highest BCUT2D eigenvalue weighted by molar-refractivity contribution is 5.99. The summed E-state index contributed by atoms with van der Waals surface area (Å²) in [7, 11) is 0. The summed E-state index contributed by atoms with van der Waals surface area (Å²) in [6.07, 6.45) is 0. The van der Waals surface area contributed by atoms with Crippen molar-refractivity contribution in [3.05, 3.63) is 23.8 Å². The van der Waals surface area contributed by atoms with Crippen LogP contribution in [-0.4, -0.2) is 36.2 Å². The molecule has 0 heterocycles. The van der Waals surface area contributed by atoms with Crippen LogP contribution < -0.4 is 11.1 Å². The summed E-state index contributed by atoms with van der Waals surface area (Å²) in [5.41, 5.74) is 7.45. The lowest BCUT2D eigenvalue weighted by Gasteiger charge is -2.19. The van der Waals surface area contributed by atoms with Crippen molar-refractivity contribution in [1.29, 1.82) is 0 Å². The molecule has 1 rings (SSSR count). The molecular formula is C14H21N3O2. The monoisotopic (exact) mass is 263 g/mol. The molecule has 0 aromatic heterocycles. The van der Waals surface area contributed by atoms with Crippen LogP contribution in [0.15, 0.2) is 18.2 Å². The summed E-state index contributed by atoms with van der Waals surface area (Å²) in [5.74, 6) is -0.0255. The van der Waals surface area contributed by atoms with Crippen LogP contribution in [0.2, 0.25) is 0 Å². The Morgan fingerprint density at radius 3 is 2.37 bits per heavy atom. The first-order chi connectivity index (χ1) is 8.99. The summed E-state index contributed by atoms with van der Waals surface area (Å²) in [4.78, 5) is 24.8. The van der Waals surface area contributed by atoms with Gasteiger partial charge >= 0.3 is 0 Å². The van der Waals surface area contributed by atoms with Crippen molar-refractivity contribution >= 4 is 23.1 Å². The van der Waals surface area contributed by atoms with Crippen molar-refractivity contribution in [1.82, 2.24) is 4.90 Å². The Morgan fingerprint density at radius 2 is 1.89 bits per heavy atom. The van der Waals surface area contributed by atoms with E-state index in [1.165, 1.54) is 6.92 Å². The average molecular weight is 263 g/mol. The number of nitrogens with one attached hydrogen (secondary N) is 1. The highest BCUT2D eigenvalue weighted by atomic mass is 16.2. The van der Waals surface area contributed by atoms with Gasteiger partial charge in [-0.05, 0) is 39.0 Å². The second-order valence-electron chi connectivity index (χ2n) is 4.28. The molecule has 1 aromatic rings. The Bertz CT molecular complexity index is 468. The van der Waals surface area contributed by atoms with E-state index in [9.17, 15) is 9.59 Å². The third-order valence-electron chi connectivity index (χ3n) is 2.99. The number of rotatable bonds is 6. The number of carbonyl (C=O) groups is 2. The van der Waals surface area contributed by atoms with Crippen LogP contribution in [0.4, 0.5) is 11.4 Å². The van der Waals surface area contributed by atoms with Crippen molar-refractivity contribution in [3.63, 3.8) is 0 Å². The van der Waals surface area contributed by atoms with Gasteiger partial charge in [0, 0.05) is 30.0 Å². The number of amides is 1. The number of Topliss-reactive ketones (excluding diaryl/α,β-unsaturated/α-hetero) is 1. The molecule has 0 saturated heterocycles. The largest absolute Gasteiger partial charge is 0.398 e. The average Bonchev–Trinajstić information content (AvgIpc) is 2.37. The molecule has 0 aliphatic rings. The van der Waals surface area contributed by atoms with E-state index in [-0.39, 0.29) is 18.2 Å². The minimum atomic E-state index is -0.0664. The molecule has 0 aliphatic heterocycles. The van der Waals surface area contributed by atoms with Crippen molar-refractivity contribution in [2.24, 2.45) is 0 Å². The summed E-state index contributed by atoms with van der Waals surface area (Å²) in [6.45, 7) is 6.98. The highest BCUT2D eigenvalue weighted by Crippen LogP contribution is 2.18. The SMILES string of the molecule is CCN(CC)C(=O)CNc1ccc(C(C)=O)c(N)c1. The first kappa shape index (κ1) is 15.0. The van der Waals surface area contributed by atoms with Crippen LogP contribution in [0, 0.1) is 0 Å². The van der Waals surface area contributed by atoms with Crippen LogP contribution in [0.3, 0.4) is 0 Å². The number of nitrogens with two attached hydrogens (primary N) is 1. The minimum absolute atomic E-state index is 0.0409. The lowest BCUT2D eigenvalue weighted by atomic mass is 10.1. The van der Waals surface area contributed by atoms with Crippen LogP contribution in [0.25, 0.3) is 0 Å². The molecule has 1 aromatic carbocycles. The third-order valence-corrected chi connectivity index (χ3v) is 2.99. The molecule has 3 N–H and O–H groups in total. The lowest BCUT2D eigenvalue weighted by molar-refractivity contribution is -0.128. The molecule has 1 amide bonds. The van der Waals surface area contributed by atoms with E-state index in [2.05, 4.69) is 5.32 Å². The van der Waals surface area contributed by atoms with Gasteiger partial charge in [-0.3, -0.25) is 9.59 Å². The molecule has 0 fully saturated rings. The normalized spacial score (nSPS) is 10.1. The van der Waals surface area contributed by atoms with E-state index in [1.807, 2.05) is 13.8 Å². The number of likely N-dealkylation sites (N-methyl/N-ethyl adjacent to an activating group) is 1. The van der Waals surface area contributed by atoms with Gasteiger partial charge < -0.3 is 16.0 Å². The van der Waals surface area contributed by atoms with Gasteiger partial charge in [-0.25, -0.2) is 0 Å². The second-order valence-corrected chi connectivity index (χ2v) is 4.28. The zero-order chi connectivity index (χ0) is 14.4. The first-order valence-electron chi connectivity index (χ1n) is 6.41. The van der Waals surface area contributed by atoms with E-state index < -0.39 is 0 Å². The minimum Gasteiger partial charge on any atom is -0.398 e. The molecule has 0 aliphatic carbocycles. The van der Waals surface area contributed by atoms with Gasteiger partial charge in [-0.2, -0.15) is 0 Å². The molecule has 0 saturated carbocycles. The predicted octanol–water partition coefficient (Wildman–Crippen LogP) is 1.75. The van der Waals surface area contributed by atoms with Crippen molar-refractivity contribution in [2.45, 2.75) is 20.8 Å². The zero-order valence-corrected chi connectivity index (χ0v) is 11.7. The van der Waals surface area contributed by atoms with E-state index in [4.69, 9.17) is 5.73 Å². The van der Waals surface area contributed by atoms with E-state index in [0.717, 1.165) is 5.69 Å². The van der Waals surface area contributed by atoms with Crippen LogP contribution in [-0.2, 0) is 4.79 Å². The number of carbonyl (C=O) groups excluding carboxylic acids is 2. The number of benzene rings is 1. The van der Waals surface area contributed by atoms with Gasteiger partial charge in [-0.1, -0.05) is 0 Å². The van der Waals surface area contributed by atoms with Gasteiger partial charge in [0.25, 0.3) is 0 Å². The Morgan fingerprint density at radius 1 is 1.26 bits per heavy atom. The quantitative estimate of drug-likeness (QED) is 0.605. The number of nitrogens with zero attached hydrogens (tertiary/aromatic N) is 1. The van der Waals surface area contributed by atoms with Crippen molar-refractivity contribution in [2.75, 3.05) is 30.7 Å².